The minimum Gasteiger partial charge on any atom is -0.396 e. The first kappa shape index (κ1) is 8.56. The summed E-state index contributed by atoms with van der Waals surface area (Å²) >= 11 is 0. The van der Waals surface area contributed by atoms with Gasteiger partial charge in [0.05, 0.1) is 6.20 Å². The van der Waals surface area contributed by atoms with Crippen molar-refractivity contribution in [2.45, 2.75) is 19.9 Å². The molecule has 2 rings (SSSR count). The molecule has 0 fully saturated rings. The van der Waals surface area contributed by atoms with E-state index < -0.39 is 0 Å². The van der Waals surface area contributed by atoms with Crippen molar-refractivity contribution in [1.29, 1.82) is 0 Å². The summed E-state index contributed by atoms with van der Waals surface area (Å²) in [7, 11) is 0. The van der Waals surface area contributed by atoms with Crippen LogP contribution in [0.1, 0.15) is 12.0 Å². The van der Waals surface area contributed by atoms with E-state index in [1.165, 1.54) is 5.56 Å². The van der Waals surface area contributed by atoms with Gasteiger partial charge in [-0.15, -0.1) is 0 Å². The van der Waals surface area contributed by atoms with Crippen LogP contribution in [0.5, 0.6) is 0 Å². The number of aliphatic hydroxyl groups excluding tert-OH is 1. The van der Waals surface area contributed by atoms with Crippen LogP contribution in [-0.2, 0) is 6.54 Å². The van der Waals surface area contributed by atoms with Gasteiger partial charge in [-0.2, -0.15) is 5.10 Å². The van der Waals surface area contributed by atoms with Crippen molar-refractivity contribution in [3.05, 3.63) is 11.8 Å². The van der Waals surface area contributed by atoms with Crippen molar-refractivity contribution in [1.82, 2.24) is 9.78 Å². The van der Waals surface area contributed by atoms with Crippen LogP contribution in [0.3, 0.4) is 0 Å². The highest BCUT2D eigenvalue weighted by Gasteiger charge is 2.19. The Morgan fingerprint density at radius 3 is 3.38 bits per heavy atom. The first-order valence-corrected chi connectivity index (χ1v) is 4.68. The van der Waals surface area contributed by atoms with Crippen LogP contribution in [0.25, 0.3) is 0 Å². The van der Waals surface area contributed by atoms with E-state index in [2.05, 4.69) is 17.3 Å². The average molecular weight is 181 g/mol. The van der Waals surface area contributed by atoms with Crippen LogP contribution in [0.15, 0.2) is 6.20 Å². The fraction of sp³-hybridized carbons (Fsp3) is 0.667. The topological polar surface area (TPSA) is 50.1 Å². The molecule has 4 nitrogen and oxygen atoms in total. The number of hydrogen-bond acceptors (Lipinski definition) is 3. The molecule has 4 heteroatoms. The molecule has 2 heterocycles. The lowest BCUT2D eigenvalue weighted by Crippen LogP contribution is -2.28. The summed E-state index contributed by atoms with van der Waals surface area (Å²) in [6.07, 6.45) is 2.73. The molecule has 1 aliphatic heterocycles. The number of aromatic nitrogens is 2. The molecule has 0 saturated heterocycles. The van der Waals surface area contributed by atoms with Gasteiger partial charge in [0.2, 0.25) is 0 Å². The van der Waals surface area contributed by atoms with E-state index >= 15 is 0 Å². The molecule has 0 spiro atoms. The smallest absolute Gasteiger partial charge is 0.127 e. The maximum absolute atomic E-state index is 8.81. The van der Waals surface area contributed by atoms with Gasteiger partial charge in [-0.1, -0.05) is 0 Å². The van der Waals surface area contributed by atoms with Crippen molar-refractivity contribution >= 4 is 5.82 Å². The minimum atomic E-state index is 0.266. The van der Waals surface area contributed by atoms with Crippen LogP contribution in [0, 0.1) is 12.8 Å². The Labute approximate surface area is 77.6 Å². The third-order valence-electron chi connectivity index (χ3n) is 2.55. The lowest BCUT2D eigenvalue weighted by atomic mass is 10.0. The summed E-state index contributed by atoms with van der Waals surface area (Å²) in [6, 6.07) is 0. The van der Waals surface area contributed by atoms with E-state index in [4.69, 9.17) is 5.11 Å². The van der Waals surface area contributed by atoms with E-state index in [1.54, 1.807) is 0 Å². The first-order valence-electron chi connectivity index (χ1n) is 4.68. The van der Waals surface area contributed by atoms with E-state index in [-0.39, 0.29) is 6.61 Å². The highest BCUT2D eigenvalue weighted by molar-refractivity contribution is 5.44. The van der Waals surface area contributed by atoms with Crippen molar-refractivity contribution < 1.29 is 5.11 Å². The molecular formula is C9H15N3O. The standard InChI is InChI=1S/C9H15N3O/c1-7-4-11-12-6-8(2-3-13)5-10-9(7)12/h4,8,10,13H,2-3,5-6H2,1H3. The maximum atomic E-state index is 8.81. The molecule has 0 amide bonds. The molecule has 13 heavy (non-hydrogen) atoms. The van der Waals surface area contributed by atoms with Crippen LogP contribution in [0.4, 0.5) is 5.82 Å². The number of aryl methyl sites for hydroxylation is 1. The van der Waals surface area contributed by atoms with Gasteiger partial charge in [0.15, 0.2) is 0 Å². The van der Waals surface area contributed by atoms with E-state index in [0.717, 1.165) is 25.3 Å². The molecule has 1 aromatic rings. The lowest BCUT2D eigenvalue weighted by Gasteiger charge is -2.24. The number of hydrogen-bond donors (Lipinski definition) is 2. The van der Waals surface area contributed by atoms with Crippen LogP contribution >= 0.6 is 0 Å². The minimum absolute atomic E-state index is 0.266. The third-order valence-corrected chi connectivity index (χ3v) is 2.55. The summed E-state index contributed by atoms with van der Waals surface area (Å²) in [5.41, 5.74) is 1.20. The van der Waals surface area contributed by atoms with Gasteiger partial charge in [-0.05, 0) is 19.3 Å². The van der Waals surface area contributed by atoms with Crippen LogP contribution in [-0.4, -0.2) is 28.0 Å². The Morgan fingerprint density at radius 2 is 2.62 bits per heavy atom. The van der Waals surface area contributed by atoms with E-state index in [1.807, 2.05) is 10.9 Å². The lowest BCUT2D eigenvalue weighted by molar-refractivity contribution is 0.244. The Bertz CT molecular complexity index is 295. The second kappa shape index (κ2) is 3.38. The summed E-state index contributed by atoms with van der Waals surface area (Å²) in [5.74, 6) is 1.64. The number of aliphatic hydroxyl groups is 1. The monoisotopic (exact) mass is 181 g/mol. The Morgan fingerprint density at radius 1 is 1.77 bits per heavy atom. The van der Waals surface area contributed by atoms with E-state index in [0.29, 0.717) is 5.92 Å². The van der Waals surface area contributed by atoms with Crippen LogP contribution < -0.4 is 5.32 Å². The van der Waals surface area contributed by atoms with Gasteiger partial charge in [-0.3, -0.25) is 0 Å². The second-order valence-electron chi connectivity index (χ2n) is 3.62. The number of anilines is 1. The van der Waals surface area contributed by atoms with Crippen molar-refractivity contribution in [2.24, 2.45) is 5.92 Å². The number of nitrogens with one attached hydrogen (secondary N) is 1. The molecule has 1 aliphatic rings. The predicted molar refractivity (Wildman–Crippen MR) is 50.6 cm³/mol. The maximum Gasteiger partial charge on any atom is 0.127 e. The highest BCUT2D eigenvalue weighted by Crippen LogP contribution is 2.21. The molecule has 0 bridgehead atoms. The average Bonchev–Trinajstić information content (AvgIpc) is 2.48. The molecule has 0 aromatic carbocycles. The van der Waals surface area contributed by atoms with Gasteiger partial charge in [-0.25, -0.2) is 4.68 Å². The molecule has 0 saturated carbocycles. The van der Waals surface area contributed by atoms with Gasteiger partial charge in [0.25, 0.3) is 0 Å². The predicted octanol–water partition coefficient (Wildman–Crippen LogP) is 0.616. The normalized spacial score (nSPS) is 20.9. The zero-order valence-corrected chi connectivity index (χ0v) is 7.82. The zero-order chi connectivity index (χ0) is 9.26. The zero-order valence-electron chi connectivity index (χ0n) is 7.82. The number of fused-ring (bicyclic) bond motifs is 1. The second-order valence-corrected chi connectivity index (χ2v) is 3.62. The Balaban J connectivity index is 2.11. The van der Waals surface area contributed by atoms with Crippen molar-refractivity contribution in [3.63, 3.8) is 0 Å². The van der Waals surface area contributed by atoms with Crippen molar-refractivity contribution in [3.8, 4) is 0 Å². The molecule has 0 aliphatic carbocycles. The molecule has 0 radical (unpaired) electrons. The van der Waals surface area contributed by atoms with Gasteiger partial charge in [0.1, 0.15) is 5.82 Å². The van der Waals surface area contributed by atoms with Crippen LogP contribution in [0.2, 0.25) is 0 Å². The molecular weight excluding hydrogens is 166 g/mol. The molecule has 1 unspecified atom stereocenters. The molecule has 1 aromatic heterocycles. The van der Waals surface area contributed by atoms with E-state index in [9.17, 15) is 0 Å². The fourth-order valence-electron chi connectivity index (χ4n) is 1.77. The quantitative estimate of drug-likeness (QED) is 0.703. The molecule has 1 atom stereocenters. The largest absolute Gasteiger partial charge is 0.396 e. The number of nitrogens with zero attached hydrogens (tertiary/aromatic N) is 2. The van der Waals surface area contributed by atoms with Gasteiger partial charge < -0.3 is 10.4 Å². The Hall–Kier alpha value is -1.03. The third kappa shape index (κ3) is 1.54. The summed E-state index contributed by atoms with van der Waals surface area (Å²) in [5, 5.41) is 16.4. The highest BCUT2D eigenvalue weighted by atomic mass is 16.3. The molecule has 72 valence electrons. The van der Waals surface area contributed by atoms with Crippen molar-refractivity contribution in [2.75, 3.05) is 18.5 Å². The molecule has 2 N–H and O–H groups in total. The summed E-state index contributed by atoms with van der Waals surface area (Å²) in [4.78, 5) is 0. The summed E-state index contributed by atoms with van der Waals surface area (Å²) < 4.78 is 1.99. The Kier molecular flexibility index (Phi) is 2.22. The van der Waals surface area contributed by atoms with Gasteiger partial charge in [0, 0.05) is 25.3 Å². The SMILES string of the molecule is Cc1cnn2c1NCC(CCO)C2. The fourth-order valence-corrected chi connectivity index (χ4v) is 1.77. The number of rotatable bonds is 2. The van der Waals surface area contributed by atoms with Gasteiger partial charge >= 0.3 is 0 Å². The summed E-state index contributed by atoms with van der Waals surface area (Å²) in [6.45, 7) is 4.20. The first-order chi connectivity index (χ1) is 6.31.